The Balaban J connectivity index is 1.96. The van der Waals surface area contributed by atoms with Gasteiger partial charge in [0.1, 0.15) is 0 Å². The molecule has 96 valence electrons. The van der Waals surface area contributed by atoms with Gasteiger partial charge in [-0.05, 0) is 56.0 Å². The van der Waals surface area contributed by atoms with Crippen LogP contribution in [0.1, 0.15) is 37.2 Å². The van der Waals surface area contributed by atoms with E-state index in [1.165, 1.54) is 42.1 Å². The minimum Gasteiger partial charge on any atom is -0.361 e. The van der Waals surface area contributed by atoms with Crippen LogP contribution in [0.4, 0.5) is 0 Å². The van der Waals surface area contributed by atoms with Gasteiger partial charge < -0.3 is 10.3 Å². The van der Waals surface area contributed by atoms with Crippen molar-refractivity contribution in [3.63, 3.8) is 0 Å². The summed E-state index contributed by atoms with van der Waals surface area (Å²) in [5.41, 5.74) is 2.74. The van der Waals surface area contributed by atoms with Gasteiger partial charge in [0, 0.05) is 27.6 Å². The number of aromatic nitrogens is 1. The second-order valence-corrected chi connectivity index (χ2v) is 6.20. The summed E-state index contributed by atoms with van der Waals surface area (Å²) >= 11 is 3.57. The molecule has 0 saturated heterocycles. The van der Waals surface area contributed by atoms with Gasteiger partial charge in [0.05, 0.1) is 0 Å². The number of H-pyrrole nitrogens is 1. The smallest absolute Gasteiger partial charge is 0.0457 e. The van der Waals surface area contributed by atoms with Gasteiger partial charge in [-0.2, -0.15) is 0 Å². The van der Waals surface area contributed by atoms with E-state index < -0.39 is 0 Å². The molecule has 18 heavy (non-hydrogen) atoms. The molecule has 3 heteroatoms. The third kappa shape index (κ3) is 2.21. The van der Waals surface area contributed by atoms with Crippen LogP contribution < -0.4 is 5.32 Å². The van der Waals surface area contributed by atoms with E-state index in [9.17, 15) is 0 Å². The maximum absolute atomic E-state index is 3.57. The lowest BCUT2D eigenvalue weighted by Gasteiger charge is -2.28. The fourth-order valence-corrected chi connectivity index (χ4v) is 3.55. The van der Waals surface area contributed by atoms with E-state index in [4.69, 9.17) is 0 Å². The number of rotatable bonds is 2. The lowest BCUT2D eigenvalue weighted by Crippen LogP contribution is -2.30. The van der Waals surface area contributed by atoms with Gasteiger partial charge in [-0.15, -0.1) is 0 Å². The third-order valence-electron chi connectivity index (χ3n) is 4.20. The highest BCUT2D eigenvalue weighted by Gasteiger charge is 2.24. The zero-order valence-electron chi connectivity index (χ0n) is 10.7. The molecule has 0 amide bonds. The predicted octanol–water partition coefficient (Wildman–Crippen LogP) is 4.18. The summed E-state index contributed by atoms with van der Waals surface area (Å²) < 4.78 is 1.16. The second-order valence-electron chi connectivity index (χ2n) is 5.28. The molecule has 0 radical (unpaired) electrons. The Morgan fingerprint density at radius 1 is 1.33 bits per heavy atom. The topological polar surface area (TPSA) is 27.8 Å². The number of benzene rings is 1. The van der Waals surface area contributed by atoms with E-state index in [-0.39, 0.29) is 0 Å². The molecule has 2 atom stereocenters. The SMILES string of the molecule is CNC1CCCC(c2c[nH]c3ccc(Br)cc23)C1. The summed E-state index contributed by atoms with van der Waals surface area (Å²) in [6.07, 6.45) is 7.43. The molecule has 1 aromatic carbocycles. The van der Waals surface area contributed by atoms with Crippen LogP contribution in [-0.4, -0.2) is 18.1 Å². The molecular weight excluding hydrogens is 288 g/mol. The molecule has 1 saturated carbocycles. The Kier molecular flexibility index (Phi) is 3.44. The maximum Gasteiger partial charge on any atom is 0.0457 e. The fourth-order valence-electron chi connectivity index (χ4n) is 3.19. The van der Waals surface area contributed by atoms with Crippen LogP contribution in [0.3, 0.4) is 0 Å². The van der Waals surface area contributed by atoms with Gasteiger partial charge in [-0.25, -0.2) is 0 Å². The van der Waals surface area contributed by atoms with Gasteiger partial charge in [0.25, 0.3) is 0 Å². The van der Waals surface area contributed by atoms with Gasteiger partial charge in [0.2, 0.25) is 0 Å². The molecule has 2 aromatic rings. The normalized spacial score (nSPS) is 24.6. The zero-order chi connectivity index (χ0) is 12.5. The molecule has 3 rings (SSSR count). The van der Waals surface area contributed by atoms with Crippen molar-refractivity contribution in [2.24, 2.45) is 0 Å². The number of hydrogen-bond donors (Lipinski definition) is 2. The van der Waals surface area contributed by atoms with Crippen molar-refractivity contribution < 1.29 is 0 Å². The Hall–Kier alpha value is -0.800. The molecule has 2 nitrogen and oxygen atoms in total. The first kappa shape index (κ1) is 12.2. The Morgan fingerprint density at radius 2 is 2.22 bits per heavy atom. The lowest BCUT2D eigenvalue weighted by atomic mass is 9.81. The molecule has 0 spiro atoms. The van der Waals surface area contributed by atoms with Crippen LogP contribution in [0.15, 0.2) is 28.9 Å². The van der Waals surface area contributed by atoms with Crippen molar-refractivity contribution in [3.05, 3.63) is 34.4 Å². The van der Waals surface area contributed by atoms with Crippen molar-refractivity contribution in [1.82, 2.24) is 10.3 Å². The van der Waals surface area contributed by atoms with Crippen LogP contribution >= 0.6 is 15.9 Å². The largest absolute Gasteiger partial charge is 0.361 e. The highest BCUT2D eigenvalue weighted by Crippen LogP contribution is 2.37. The first-order valence-electron chi connectivity index (χ1n) is 6.71. The third-order valence-corrected chi connectivity index (χ3v) is 4.69. The van der Waals surface area contributed by atoms with Gasteiger partial charge >= 0.3 is 0 Å². The van der Waals surface area contributed by atoms with Gasteiger partial charge in [-0.3, -0.25) is 0 Å². The molecule has 2 unspecified atom stereocenters. The minimum atomic E-state index is 0.681. The highest BCUT2D eigenvalue weighted by molar-refractivity contribution is 9.10. The summed E-state index contributed by atoms with van der Waals surface area (Å²) in [6, 6.07) is 7.17. The Labute approximate surface area is 116 Å². The molecule has 2 N–H and O–H groups in total. The van der Waals surface area contributed by atoms with Crippen LogP contribution in [0.25, 0.3) is 10.9 Å². The van der Waals surface area contributed by atoms with Crippen LogP contribution in [0, 0.1) is 0 Å². The highest BCUT2D eigenvalue weighted by atomic mass is 79.9. The number of halogens is 1. The molecule has 1 aliphatic rings. The number of aromatic amines is 1. The standard InChI is InChI=1S/C15H19BrN2/c1-17-12-4-2-3-10(7-12)14-9-18-15-6-5-11(16)8-13(14)15/h5-6,8-10,12,17-18H,2-4,7H2,1H3. The molecule has 1 fully saturated rings. The van der Waals surface area contributed by atoms with Crippen molar-refractivity contribution in [3.8, 4) is 0 Å². The first-order valence-corrected chi connectivity index (χ1v) is 7.51. The van der Waals surface area contributed by atoms with Crippen molar-refractivity contribution in [1.29, 1.82) is 0 Å². The van der Waals surface area contributed by atoms with Crippen molar-refractivity contribution >= 4 is 26.8 Å². The zero-order valence-corrected chi connectivity index (χ0v) is 12.3. The van der Waals surface area contributed by atoms with Crippen molar-refractivity contribution in [2.45, 2.75) is 37.6 Å². The summed E-state index contributed by atoms with van der Waals surface area (Å²) in [5, 5.41) is 4.82. The first-order chi connectivity index (χ1) is 8.78. The van der Waals surface area contributed by atoms with E-state index in [1.807, 2.05) is 0 Å². The Morgan fingerprint density at radius 3 is 3.06 bits per heavy atom. The van der Waals surface area contributed by atoms with E-state index >= 15 is 0 Å². The average Bonchev–Trinajstić information content (AvgIpc) is 2.81. The van der Waals surface area contributed by atoms with Crippen LogP contribution in [-0.2, 0) is 0 Å². The quantitative estimate of drug-likeness (QED) is 0.856. The van der Waals surface area contributed by atoms with E-state index in [0.717, 1.165) is 4.47 Å². The van der Waals surface area contributed by atoms with Crippen molar-refractivity contribution in [2.75, 3.05) is 7.05 Å². The second kappa shape index (κ2) is 5.06. The fraction of sp³-hybridized carbons (Fsp3) is 0.467. The lowest BCUT2D eigenvalue weighted by molar-refractivity contribution is 0.356. The molecular formula is C15H19BrN2. The van der Waals surface area contributed by atoms with Gasteiger partial charge in [0.15, 0.2) is 0 Å². The molecule has 1 heterocycles. The molecule has 0 bridgehead atoms. The maximum atomic E-state index is 3.57. The number of fused-ring (bicyclic) bond motifs is 1. The van der Waals surface area contributed by atoms with Crippen LogP contribution in [0.5, 0.6) is 0 Å². The summed E-state index contributed by atoms with van der Waals surface area (Å²) in [4.78, 5) is 3.40. The van der Waals surface area contributed by atoms with E-state index in [2.05, 4.69) is 57.7 Å². The molecule has 1 aliphatic carbocycles. The van der Waals surface area contributed by atoms with Gasteiger partial charge in [-0.1, -0.05) is 22.4 Å². The number of hydrogen-bond acceptors (Lipinski definition) is 1. The summed E-state index contributed by atoms with van der Waals surface area (Å²) in [6.45, 7) is 0. The Bertz CT molecular complexity index is 546. The molecule has 0 aliphatic heterocycles. The minimum absolute atomic E-state index is 0.681. The monoisotopic (exact) mass is 306 g/mol. The number of nitrogens with one attached hydrogen (secondary N) is 2. The average molecular weight is 307 g/mol. The van der Waals surface area contributed by atoms with E-state index in [0.29, 0.717) is 12.0 Å². The summed E-state index contributed by atoms with van der Waals surface area (Å²) in [7, 11) is 2.08. The summed E-state index contributed by atoms with van der Waals surface area (Å²) in [5.74, 6) is 0.694. The molecule has 1 aromatic heterocycles. The predicted molar refractivity (Wildman–Crippen MR) is 80.1 cm³/mol. The van der Waals surface area contributed by atoms with E-state index in [1.54, 1.807) is 0 Å². The van der Waals surface area contributed by atoms with Crippen LogP contribution in [0.2, 0.25) is 0 Å².